The normalized spacial score (nSPS) is 10.6. The van der Waals surface area contributed by atoms with Crippen molar-refractivity contribution < 1.29 is 4.79 Å². The van der Waals surface area contributed by atoms with Gasteiger partial charge >= 0.3 is 0 Å². The Labute approximate surface area is 144 Å². The summed E-state index contributed by atoms with van der Waals surface area (Å²) in [4.78, 5) is 12.9. The van der Waals surface area contributed by atoms with Gasteiger partial charge in [-0.05, 0) is 49.4 Å². The van der Waals surface area contributed by atoms with Crippen LogP contribution in [0.1, 0.15) is 43.7 Å². The highest BCUT2D eigenvalue weighted by atomic mass is 16.1. The molecule has 0 atom stereocenters. The van der Waals surface area contributed by atoms with E-state index in [0.29, 0.717) is 0 Å². The molecule has 1 heteroatoms. The number of hydrogen-bond acceptors (Lipinski definition) is 1. The van der Waals surface area contributed by atoms with Gasteiger partial charge in [-0.2, -0.15) is 0 Å². The van der Waals surface area contributed by atoms with Gasteiger partial charge in [-0.1, -0.05) is 72.3 Å². The highest BCUT2D eigenvalue weighted by Crippen LogP contribution is 2.23. The van der Waals surface area contributed by atoms with Crippen LogP contribution in [-0.2, 0) is 6.42 Å². The molecule has 0 radical (unpaired) electrons. The number of carbonyl (C=O) groups is 1. The Morgan fingerprint density at radius 2 is 1.38 bits per heavy atom. The van der Waals surface area contributed by atoms with Crippen molar-refractivity contribution in [1.29, 1.82) is 0 Å². The molecule has 3 aromatic rings. The molecular formula is C23H22O. The number of ketones is 1. The third-order valence-electron chi connectivity index (χ3n) is 4.51. The summed E-state index contributed by atoms with van der Waals surface area (Å²) in [6.45, 7) is 6.42. The molecule has 0 heterocycles. The zero-order valence-electron chi connectivity index (χ0n) is 14.5. The predicted octanol–water partition coefficient (Wildman–Crippen LogP) is 5.43. The Morgan fingerprint density at radius 3 is 2.04 bits per heavy atom. The molecule has 0 N–H and O–H groups in total. The van der Waals surface area contributed by atoms with Crippen molar-refractivity contribution in [1.82, 2.24) is 0 Å². The lowest BCUT2D eigenvalue weighted by Gasteiger charge is -2.14. The number of carbonyl (C=O) groups excluding carboxylic acids is 1. The van der Waals surface area contributed by atoms with Crippen LogP contribution in [0.3, 0.4) is 0 Å². The summed E-state index contributed by atoms with van der Waals surface area (Å²) in [5.41, 5.74) is 7.78. The molecule has 3 aromatic carbocycles. The van der Waals surface area contributed by atoms with E-state index in [9.17, 15) is 4.79 Å². The molecule has 1 nitrogen and oxygen atoms in total. The van der Waals surface area contributed by atoms with Gasteiger partial charge in [-0.15, -0.1) is 0 Å². The van der Waals surface area contributed by atoms with E-state index < -0.39 is 0 Å². The summed E-state index contributed by atoms with van der Waals surface area (Å²) in [5.74, 6) is 0.0913. The van der Waals surface area contributed by atoms with Crippen molar-refractivity contribution in [2.24, 2.45) is 0 Å². The van der Waals surface area contributed by atoms with Gasteiger partial charge in [0.05, 0.1) is 0 Å². The molecule has 120 valence electrons. The fourth-order valence-electron chi connectivity index (χ4n) is 3.32. The van der Waals surface area contributed by atoms with Crippen molar-refractivity contribution >= 4 is 5.78 Å². The number of rotatable bonds is 4. The fourth-order valence-corrected chi connectivity index (χ4v) is 3.32. The lowest BCUT2D eigenvalue weighted by atomic mass is 9.90. The van der Waals surface area contributed by atoms with Crippen LogP contribution in [0.25, 0.3) is 0 Å². The van der Waals surface area contributed by atoms with Crippen LogP contribution >= 0.6 is 0 Å². The summed E-state index contributed by atoms with van der Waals surface area (Å²) in [6.07, 6.45) is 0.784. The third-order valence-corrected chi connectivity index (χ3v) is 4.51. The molecule has 24 heavy (non-hydrogen) atoms. The molecule has 3 rings (SSSR count). The monoisotopic (exact) mass is 314 g/mol. The van der Waals surface area contributed by atoms with E-state index in [1.165, 1.54) is 22.3 Å². The summed E-state index contributed by atoms with van der Waals surface area (Å²) < 4.78 is 0. The van der Waals surface area contributed by atoms with Gasteiger partial charge in [-0.3, -0.25) is 4.79 Å². The van der Waals surface area contributed by atoms with Gasteiger partial charge in [0.15, 0.2) is 5.78 Å². The Kier molecular flexibility index (Phi) is 4.61. The largest absolute Gasteiger partial charge is 0.289 e. The first-order valence-corrected chi connectivity index (χ1v) is 8.30. The van der Waals surface area contributed by atoms with E-state index in [1.807, 2.05) is 48.5 Å². The second-order valence-electron chi connectivity index (χ2n) is 6.41. The molecule has 0 aliphatic rings. The van der Waals surface area contributed by atoms with Crippen LogP contribution in [-0.4, -0.2) is 5.78 Å². The molecule has 0 aliphatic carbocycles. The summed E-state index contributed by atoms with van der Waals surface area (Å²) in [5, 5.41) is 0. The predicted molar refractivity (Wildman–Crippen MR) is 99.8 cm³/mol. The van der Waals surface area contributed by atoms with E-state index in [-0.39, 0.29) is 5.78 Å². The van der Waals surface area contributed by atoms with E-state index in [0.717, 1.165) is 23.1 Å². The first-order chi connectivity index (χ1) is 11.6. The molecule has 0 bridgehead atoms. The molecule has 0 amide bonds. The highest BCUT2D eigenvalue weighted by molar-refractivity contribution is 6.09. The Hall–Kier alpha value is -2.67. The molecule has 0 unspecified atom stereocenters. The first-order valence-electron chi connectivity index (χ1n) is 8.30. The standard InChI is InChI=1S/C23H22O/c1-16-13-17(2)22(18(3)14-16)15-20-11-7-8-12-21(20)23(24)19-9-5-4-6-10-19/h4-14H,15H2,1-3H3. The number of benzene rings is 3. The van der Waals surface area contributed by atoms with Gasteiger partial charge in [0.1, 0.15) is 0 Å². The Morgan fingerprint density at radius 1 is 0.792 bits per heavy atom. The number of hydrogen-bond donors (Lipinski definition) is 0. The van der Waals surface area contributed by atoms with E-state index in [2.05, 4.69) is 39.0 Å². The second-order valence-corrected chi connectivity index (χ2v) is 6.41. The van der Waals surface area contributed by atoms with Gasteiger partial charge in [0.2, 0.25) is 0 Å². The summed E-state index contributed by atoms with van der Waals surface area (Å²) >= 11 is 0. The second kappa shape index (κ2) is 6.84. The first kappa shape index (κ1) is 16.2. The molecule has 0 fully saturated rings. The Balaban J connectivity index is 2.01. The zero-order chi connectivity index (χ0) is 17.1. The van der Waals surface area contributed by atoms with Gasteiger partial charge < -0.3 is 0 Å². The smallest absolute Gasteiger partial charge is 0.193 e. The highest BCUT2D eigenvalue weighted by Gasteiger charge is 2.14. The minimum atomic E-state index is 0.0913. The topological polar surface area (TPSA) is 17.1 Å². The summed E-state index contributed by atoms with van der Waals surface area (Å²) in [6, 6.07) is 21.9. The van der Waals surface area contributed by atoms with E-state index in [4.69, 9.17) is 0 Å². The lowest BCUT2D eigenvalue weighted by molar-refractivity contribution is 0.103. The quantitative estimate of drug-likeness (QED) is 0.587. The average molecular weight is 314 g/mol. The van der Waals surface area contributed by atoms with E-state index in [1.54, 1.807) is 0 Å². The fraction of sp³-hybridized carbons (Fsp3) is 0.174. The molecule has 0 saturated heterocycles. The van der Waals surface area contributed by atoms with Crippen molar-refractivity contribution in [3.8, 4) is 0 Å². The number of aryl methyl sites for hydroxylation is 3. The van der Waals surface area contributed by atoms with Crippen LogP contribution in [0.5, 0.6) is 0 Å². The maximum absolute atomic E-state index is 12.9. The molecule has 0 aliphatic heterocycles. The minimum absolute atomic E-state index is 0.0913. The van der Waals surface area contributed by atoms with Crippen LogP contribution in [0.2, 0.25) is 0 Å². The Bertz CT molecular complexity index is 853. The van der Waals surface area contributed by atoms with Gasteiger partial charge in [0.25, 0.3) is 0 Å². The van der Waals surface area contributed by atoms with Crippen molar-refractivity contribution in [3.63, 3.8) is 0 Å². The van der Waals surface area contributed by atoms with Crippen LogP contribution < -0.4 is 0 Å². The van der Waals surface area contributed by atoms with Crippen LogP contribution in [0.4, 0.5) is 0 Å². The minimum Gasteiger partial charge on any atom is -0.289 e. The van der Waals surface area contributed by atoms with Crippen molar-refractivity contribution in [3.05, 3.63) is 106 Å². The van der Waals surface area contributed by atoms with E-state index >= 15 is 0 Å². The summed E-state index contributed by atoms with van der Waals surface area (Å²) in [7, 11) is 0. The lowest BCUT2D eigenvalue weighted by Crippen LogP contribution is -2.07. The van der Waals surface area contributed by atoms with Gasteiger partial charge in [0, 0.05) is 11.1 Å². The van der Waals surface area contributed by atoms with Crippen molar-refractivity contribution in [2.45, 2.75) is 27.2 Å². The van der Waals surface area contributed by atoms with Gasteiger partial charge in [-0.25, -0.2) is 0 Å². The van der Waals surface area contributed by atoms with Crippen molar-refractivity contribution in [2.75, 3.05) is 0 Å². The maximum Gasteiger partial charge on any atom is 0.193 e. The molecular weight excluding hydrogens is 292 g/mol. The third kappa shape index (κ3) is 3.30. The molecule has 0 saturated carbocycles. The zero-order valence-corrected chi connectivity index (χ0v) is 14.5. The van der Waals surface area contributed by atoms with Crippen LogP contribution in [0, 0.1) is 20.8 Å². The average Bonchev–Trinajstić information content (AvgIpc) is 2.58. The van der Waals surface area contributed by atoms with Crippen LogP contribution in [0.15, 0.2) is 66.7 Å². The molecule has 0 spiro atoms. The maximum atomic E-state index is 12.9. The molecule has 0 aromatic heterocycles. The SMILES string of the molecule is Cc1cc(C)c(Cc2ccccc2C(=O)c2ccccc2)c(C)c1.